The fourth-order valence-corrected chi connectivity index (χ4v) is 4.97. The highest BCUT2D eigenvalue weighted by Gasteiger charge is 2.39. The van der Waals surface area contributed by atoms with E-state index in [1.54, 1.807) is 12.4 Å². The number of ether oxygens (including phenoxy) is 1. The number of anilines is 1. The van der Waals surface area contributed by atoms with Crippen molar-refractivity contribution in [2.24, 2.45) is 0 Å². The highest BCUT2D eigenvalue weighted by molar-refractivity contribution is 7.91. The van der Waals surface area contributed by atoms with Gasteiger partial charge in [-0.15, -0.1) is 11.3 Å². The van der Waals surface area contributed by atoms with Crippen molar-refractivity contribution in [3.05, 3.63) is 11.2 Å². The maximum Gasteiger partial charge on any atom is 0.360 e. The predicted octanol–water partition coefficient (Wildman–Crippen LogP) is 1.31. The van der Waals surface area contributed by atoms with Crippen molar-refractivity contribution in [1.29, 1.82) is 0 Å². The van der Waals surface area contributed by atoms with E-state index in [0.717, 1.165) is 0 Å². The van der Waals surface area contributed by atoms with E-state index < -0.39 is 21.3 Å². The monoisotopic (exact) mass is 304 g/mol. The minimum Gasteiger partial charge on any atom is -0.461 e. The number of hydrogen-bond acceptors (Lipinski definition) is 7. The molecule has 106 valence electrons. The van der Waals surface area contributed by atoms with E-state index in [4.69, 9.17) is 4.74 Å². The number of esters is 1. The molecule has 0 spiro atoms. The summed E-state index contributed by atoms with van der Waals surface area (Å²) in [5.74, 6) is -0.250. The van der Waals surface area contributed by atoms with Crippen molar-refractivity contribution < 1.29 is 17.9 Å². The zero-order valence-corrected chi connectivity index (χ0v) is 12.4. The van der Waals surface area contributed by atoms with Crippen molar-refractivity contribution in [2.45, 2.75) is 25.8 Å². The van der Waals surface area contributed by atoms with Crippen LogP contribution in [0.25, 0.3) is 0 Å². The van der Waals surface area contributed by atoms with Gasteiger partial charge in [0.25, 0.3) is 0 Å². The molecule has 1 fully saturated rings. The topological polar surface area (TPSA) is 85.4 Å². The minimum absolute atomic E-state index is 0.0696. The van der Waals surface area contributed by atoms with Gasteiger partial charge in [0.15, 0.2) is 15.5 Å². The molecular weight excluding hydrogens is 288 g/mol. The van der Waals surface area contributed by atoms with Crippen LogP contribution in [0, 0.1) is 0 Å². The van der Waals surface area contributed by atoms with Gasteiger partial charge in [0, 0.05) is 0 Å². The first kappa shape index (κ1) is 14.3. The number of carbonyl (C=O) groups is 1. The van der Waals surface area contributed by atoms with Crippen molar-refractivity contribution in [2.75, 3.05) is 23.4 Å². The summed E-state index contributed by atoms with van der Waals surface area (Å²) in [6.07, 6.45) is 0.523. The van der Waals surface area contributed by atoms with Crippen LogP contribution in [-0.4, -0.2) is 43.0 Å². The fraction of sp³-hybridized carbons (Fsp3) is 0.636. The molecule has 1 aliphatic heterocycles. The summed E-state index contributed by atoms with van der Waals surface area (Å²) in [5.41, 5.74) is 1.21. The Hall–Kier alpha value is -1.15. The highest BCUT2D eigenvalue weighted by atomic mass is 32.2. The Morgan fingerprint density at radius 3 is 2.95 bits per heavy atom. The van der Waals surface area contributed by atoms with Crippen molar-refractivity contribution in [1.82, 2.24) is 4.98 Å². The molecule has 0 saturated carbocycles. The second kappa shape index (κ2) is 5.09. The van der Waals surface area contributed by atoms with E-state index >= 15 is 0 Å². The molecule has 0 bridgehead atoms. The fourth-order valence-electron chi connectivity index (χ4n) is 2.06. The van der Waals surface area contributed by atoms with Gasteiger partial charge in [-0.25, -0.2) is 18.2 Å². The first-order chi connectivity index (χ1) is 8.85. The van der Waals surface area contributed by atoms with Crippen LogP contribution in [0.15, 0.2) is 5.51 Å². The van der Waals surface area contributed by atoms with Gasteiger partial charge in [-0.05, 0) is 20.3 Å². The first-order valence-corrected chi connectivity index (χ1v) is 8.64. The molecular formula is C11H16N2O4S2. The van der Waals surface area contributed by atoms with Crippen LogP contribution in [0.4, 0.5) is 5.00 Å². The van der Waals surface area contributed by atoms with Crippen LogP contribution < -0.4 is 5.32 Å². The van der Waals surface area contributed by atoms with Gasteiger partial charge in [0.2, 0.25) is 0 Å². The average Bonchev–Trinajstić information content (AvgIpc) is 2.84. The van der Waals surface area contributed by atoms with Crippen molar-refractivity contribution >= 4 is 32.1 Å². The Kier molecular flexibility index (Phi) is 3.82. The number of rotatable bonds is 4. The van der Waals surface area contributed by atoms with E-state index in [1.165, 1.54) is 11.3 Å². The lowest BCUT2D eigenvalue weighted by Gasteiger charge is -2.24. The van der Waals surface area contributed by atoms with E-state index in [2.05, 4.69) is 10.3 Å². The lowest BCUT2D eigenvalue weighted by molar-refractivity contribution is 0.0521. The molecule has 0 radical (unpaired) electrons. The minimum atomic E-state index is -2.99. The Labute approximate surface area is 116 Å². The number of nitrogens with one attached hydrogen (secondary N) is 1. The summed E-state index contributed by atoms with van der Waals surface area (Å²) in [5, 5.41) is 3.70. The van der Waals surface area contributed by atoms with E-state index in [-0.39, 0.29) is 23.8 Å². The van der Waals surface area contributed by atoms with Crippen LogP contribution in [-0.2, 0) is 14.6 Å². The van der Waals surface area contributed by atoms with Crippen molar-refractivity contribution in [3.63, 3.8) is 0 Å². The average molecular weight is 304 g/mol. The zero-order valence-electron chi connectivity index (χ0n) is 10.8. The maximum absolute atomic E-state index is 11.7. The molecule has 8 heteroatoms. The second-order valence-corrected chi connectivity index (χ2v) is 7.82. The third-order valence-corrected chi connectivity index (χ3v) is 5.60. The Morgan fingerprint density at radius 2 is 2.37 bits per heavy atom. The van der Waals surface area contributed by atoms with Crippen molar-refractivity contribution in [3.8, 4) is 0 Å². The molecule has 1 aliphatic rings. The number of sulfone groups is 1. The normalized spacial score (nSPS) is 25.2. The predicted molar refractivity (Wildman–Crippen MR) is 73.4 cm³/mol. The summed E-state index contributed by atoms with van der Waals surface area (Å²) in [4.78, 5) is 15.7. The number of hydrogen-bond donors (Lipinski definition) is 1. The van der Waals surface area contributed by atoms with Gasteiger partial charge in [-0.3, -0.25) is 0 Å². The molecule has 0 aromatic carbocycles. The van der Waals surface area contributed by atoms with E-state index in [1.807, 2.05) is 6.92 Å². The van der Waals surface area contributed by atoms with Crippen LogP contribution in [0.1, 0.15) is 30.8 Å². The van der Waals surface area contributed by atoms with Crippen LogP contribution >= 0.6 is 11.3 Å². The van der Waals surface area contributed by atoms with Gasteiger partial charge in [-0.2, -0.15) is 0 Å². The Bertz CT molecular complexity index is 581. The highest BCUT2D eigenvalue weighted by Crippen LogP contribution is 2.31. The lowest BCUT2D eigenvalue weighted by atomic mass is 10.0. The number of thiazole rings is 1. The summed E-state index contributed by atoms with van der Waals surface area (Å²) < 4.78 is 28.0. The van der Waals surface area contributed by atoms with Gasteiger partial charge in [0.1, 0.15) is 5.00 Å². The molecule has 1 saturated heterocycles. The number of aromatic nitrogens is 1. The molecule has 6 nitrogen and oxygen atoms in total. The summed E-state index contributed by atoms with van der Waals surface area (Å²) >= 11 is 1.27. The van der Waals surface area contributed by atoms with E-state index in [0.29, 0.717) is 11.4 Å². The summed E-state index contributed by atoms with van der Waals surface area (Å²) in [6, 6.07) is 0. The zero-order chi connectivity index (χ0) is 14.1. The van der Waals surface area contributed by atoms with Gasteiger partial charge in [-0.1, -0.05) is 0 Å². The van der Waals surface area contributed by atoms with E-state index in [9.17, 15) is 13.2 Å². The molecule has 1 atom stereocenters. The quantitative estimate of drug-likeness (QED) is 0.844. The molecule has 2 rings (SSSR count). The molecule has 19 heavy (non-hydrogen) atoms. The third kappa shape index (κ3) is 3.24. The molecule has 2 heterocycles. The SMILES string of the molecule is CCOC(=O)c1ncsc1NC1(C)CCS(=O)(=O)C1. The maximum atomic E-state index is 11.7. The summed E-state index contributed by atoms with van der Waals surface area (Å²) in [7, 11) is -2.99. The molecule has 1 aromatic heterocycles. The van der Waals surface area contributed by atoms with Crippen LogP contribution in [0.5, 0.6) is 0 Å². The lowest BCUT2D eigenvalue weighted by Crippen LogP contribution is -2.36. The van der Waals surface area contributed by atoms with Gasteiger partial charge in [0.05, 0.1) is 29.2 Å². The molecule has 0 aliphatic carbocycles. The molecule has 1 unspecified atom stereocenters. The second-order valence-electron chi connectivity index (χ2n) is 4.78. The Morgan fingerprint density at radius 1 is 1.63 bits per heavy atom. The standard InChI is InChI=1S/C11H16N2O4S2/c1-3-17-10(14)8-9(18-7-12-8)13-11(2)4-5-19(15,16)6-11/h7,13H,3-6H2,1-2H3. The van der Waals surface area contributed by atoms with Gasteiger partial charge < -0.3 is 10.1 Å². The first-order valence-electron chi connectivity index (χ1n) is 5.94. The smallest absolute Gasteiger partial charge is 0.360 e. The molecule has 1 N–H and O–H groups in total. The molecule has 1 aromatic rings. The summed E-state index contributed by atoms with van der Waals surface area (Å²) in [6.45, 7) is 3.84. The van der Waals surface area contributed by atoms with Crippen LogP contribution in [0.2, 0.25) is 0 Å². The number of nitrogens with zero attached hydrogens (tertiary/aromatic N) is 1. The Balaban J connectivity index is 2.17. The number of carbonyl (C=O) groups excluding carboxylic acids is 1. The van der Waals surface area contributed by atoms with Crippen LogP contribution in [0.3, 0.4) is 0 Å². The largest absolute Gasteiger partial charge is 0.461 e. The van der Waals surface area contributed by atoms with Gasteiger partial charge >= 0.3 is 5.97 Å². The molecule has 0 amide bonds. The third-order valence-electron chi connectivity index (χ3n) is 2.95.